The van der Waals surface area contributed by atoms with Crippen molar-refractivity contribution in [2.24, 2.45) is 5.92 Å². The minimum absolute atomic E-state index is 0.0582. The molecule has 0 spiro atoms. The van der Waals surface area contributed by atoms with E-state index in [1.165, 1.54) is 25.3 Å². The van der Waals surface area contributed by atoms with Crippen LogP contribution in [-0.2, 0) is 4.79 Å². The Morgan fingerprint density at radius 2 is 1.74 bits per heavy atom. The van der Waals surface area contributed by atoms with E-state index in [0.29, 0.717) is 42.6 Å². The second-order valence-corrected chi connectivity index (χ2v) is 7.43. The van der Waals surface area contributed by atoms with Gasteiger partial charge in [-0.2, -0.15) is 0 Å². The molecule has 7 heteroatoms. The second-order valence-electron chi connectivity index (χ2n) is 7.43. The number of rotatable bonds is 7. The molecule has 164 valence electrons. The van der Waals surface area contributed by atoms with Crippen molar-refractivity contribution in [2.45, 2.75) is 12.8 Å². The Labute approximate surface area is 181 Å². The summed E-state index contributed by atoms with van der Waals surface area (Å²) >= 11 is 0. The number of benzene rings is 2. The predicted octanol–water partition coefficient (Wildman–Crippen LogP) is 3.52. The Bertz CT molecular complexity index is 935. The lowest BCUT2D eigenvalue weighted by atomic mass is 9.96. The third kappa shape index (κ3) is 6.07. The van der Waals surface area contributed by atoms with E-state index in [4.69, 9.17) is 9.47 Å². The normalized spacial score (nSPS) is 14.5. The number of ether oxygens (including phenoxy) is 2. The van der Waals surface area contributed by atoms with Crippen LogP contribution in [0.4, 0.5) is 4.39 Å². The Hall–Kier alpha value is -3.35. The zero-order valence-corrected chi connectivity index (χ0v) is 17.8. The summed E-state index contributed by atoms with van der Waals surface area (Å²) < 4.78 is 23.4. The van der Waals surface area contributed by atoms with E-state index in [1.54, 1.807) is 48.4 Å². The van der Waals surface area contributed by atoms with Crippen LogP contribution < -0.4 is 14.8 Å². The Morgan fingerprint density at radius 3 is 2.39 bits per heavy atom. The average Bonchev–Trinajstić information content (AvgIpc) is 2.81. The SMILES string of the molecule is COc1ccc(C(=O)NCC2CCN(C(=O)/C=C/c3ccc(F)cc3)CC2)cc1OC. The molecule has 0 bridgehead atoms. The quantitative estimate of drug-likeness (QED) is 0.688. The lowest BCUT2D eigenvalue weighted by Crippen LogP contribution is -2.41. The highest BCUT2D eigenvalue weighted by molar-refractivity contribution is 5.95. The van der Waals surface area contributed by atoms with Gasteiger partial charge in [-0.1, -0.05) is 12.1 Å². The van der Waals surface area contributed by atoms with Crippen molar-refractivity contribution >= 4 is 17.9 Å². The molecule has 0 unspecified atom stereocenters. The zero-order chi connectivity index (χ0) is 22.2. The van der Waals surface area contributed by atoms with E-state index in [-0.39, 0.29) is 17.6 Å². The number of hydrogen-bond donors (Lipinski definition) is 1. The van der Waals surface area contributed by atoms with Gasteiger partial charge in [0.15, 0.2) is 11.5 Å². The monoisotopic (exact) mass is 426 g/mol. The first-order chi connectivity index (χ1) is 15.0. The molecule has 1 N–H and O–H groups in total. The topological polar surface area (TPSA) is 67.9 Å². The number of likely N-dealkylation sites (tertiary alicyclic amines) is 1. The van der Waals surface area contributed by atoms with Crippen molar-refractivity contribution in [2.75, 3.05) is 33.9 Å². The summed E-state index contributed by atoms with van der Waals surface area (Å²) in [5.41, 5.74) is 1.29. The smallest absolute Gasteiger partial charge is 0.251 e. The van der Waals surface area contributed by atoms with Gasteiger partial charge >= 0.3 is 0 Å². The highest BCUT2D eigenvalue weighted by Crippen LogP contribution is 2.27. The van der Waals surface area contributed by atoms with E-state index in [2.05, 4.69) is 5.32 Å². The molecular formula is C24H27FN2O4. The number of nitrogens with zero attached hydrogens (tertiary/aromatic N) is 1. The standard InChI is InChI=1S/C24H27FN2O4/c1-30-21-9-6-19(15-22(21)31-2)24(29)26-16-18-11-13-27(14-12-18)23(28)10-5-17-3-7-20(25)8-4-17/h3-10,15,18H,11-14,16H2,1-2H3,(H,26,29)/b10-5+. The number of carbonyl (C=O) groups is 2. The molecule has 1 heterocycles. The second kappa shape index (κ2) is 10.6. The van der Waals surface area contributed by atoms with Crippen LogP contribution in [0.5, 0.6) is 11.5 Å². The van der Waals surface area contributed by atoms with Crippen molar-refractivity contribution in [3.8, 4) is 11.5 Å². The molecule has 2 aromatic rings. The summed E-state index contributed by atoms with van der Waals surface area (Å²) in [7, 11) is 3.08. The van der Waals surface area contributed by atoms with E-state index in [0.717, 1.165) is 18.4 Å². The van der Waals surface area contributed by atoms with Gasteiger partial charge in [0.2, 0.25) is 5.91 Å². The number of nitrogens with one attached hydrogen (secondary N) is 1. The van der Waals surface area contributed by atoms with Gasteiger partial charge < -0.3 is 19.7 Å². The van der Waals surface area contributed by atoms with Crippen LogP contribution in [-0.4, -0.2) is 50.6 Å². The van der Waals surface area contributed by atoms with Crippen molar-refractivity contribution in [3.63, 3.8) is 0 Å². The highest BCUT2D eigenvalue weighted by Gasteiger charge is 2.22. The van der Waals surface area contributed by atoms with Gasteiger partial charge in [0.25, 0.3) is 5.91 Å². The van der Waals surface area contributed by atoms with Gasteiger partial charge in [0, 0.05) is 31.3 Å². The van der Waals surface area contributed by atoms with Crippen molar-refractivity contribution in [1.29, 1.82) is 0 Å². The summed E-state index contributed by atoms with van der Waals surface area (Å²) in [5, 5.41) is 2.97. The summed E-state index contributed by atoms with van der Waals surface area (Å²) in [6.45, 7) is 1.84. The first-order valence-electron chi connectivity index (χ1n) is 10.2. The van der Waals surface area contributed by atoms with Crippen LogP contribution in [0.15, 0.2) is 48.5 Å². The summed E-state index contributed by atoms with van der Waals surface area (Å²) in [5.74, 6) is 0.872. The molecule has 1 aliphatic rings. The minimum atomic E-state index is -0.302. The van der Waals surface area contributed by atoms with Crippen LogP contribution >= 0.6 is 0 Å². The number of piperidine rings is 1. The molecule has 1 fully saturated rings. The molecule has 0 radical (unpaired) electrons. The molecule has 0 saturated carbocycles. The van der Waals surface area contributed by atoms with E-state index < -0.39 is 0 Å². The predicted molar refractivity (Wildman–Crippen MR) is 117 cm³/mol. The van der Waals surface area contributed by atoms with E-state index >= 15 is 0 Å². The molecule has 2 aromatic carbocycles. The van der Waals surface area contributed by atoms with Crippen LogP contribution in [0.3, 0.4) is 0 Å². The number of methoxy groups -OCH3 is 2. The molecule has 0 atom stereocenters. The maximum Gasteiger partial charge on any atom is 0.251 e. The largest absolute Gasteiger partial charge is 0.493 e. The van der Waals surface area contributed by atoms with E-state index in [9.17, 15) is 14.0 Å². The first-order valence-corrected chi connectivity index (χ1v) is 10.2. The highest BCUT2D eigenvalue weighted by atomic mass is 19.1. The van der Waals surface area contributed by atoms with Gasteiger partial charge in [0.05, 0.1) is 14.2 Å². The molecule has 31 heavy (non-hydrogen) atoms. The fourth-order valence-electron chi connectivity index (χ4n) is 3.52. The van der Waals surface area contributed by atoms with Crippen LogP contribution in [0.2, 0.25) is 0 Å². The van der Waals surface area contributed by atoms with Crippen molar-refractivity contribution < 1.29 is 23.5 Å². The van der Waals surface area contributed by atoms with Crippen LogP contribution in [0.25, 0.3) is 6.08 Å². The third-order valence-corrected chi connectivity index (χ3v) is 5.41. The Balaban J connectivity index is 1.45. The molecule has 3 rings (SSSR count). The molecule has 0 aromatic heterocycles. The maximum absolute atomic E-state index is 13.0. The third-order valence-electron chi connectivity index (χ3n) is 5.41. The molecule has 2 amide bonds. The van der Waals surface area contributed by atoms with Gasteiger partial charge in [0.1, 0.15) is 5.82 Å². The van der Waals surface area contributed by atoms with Crippen LogP contribution in [0.1, 0.15) is 28.8 Å². The van der Waals surface area contributed by atoms with Crippen molar-refractivity contribution in [3.05, 3.63) is 65.5 Å². The molecule has 1 aliphatic heterocycles. The number of halogens is 1. The first kappa shape index (κ1) is 22.3. The zero-order valence-electron chi connectivity index (χ0n) is 17.8. The lowest BCUT2D eigenvalue weighted by Gasteiger charge is -2.31. The number of hydrogen-bond acceptors (Lipinski definition) is 4. The summed E-state index contributed by atoms with van der Waals surface area (Å²) in [6.07, 6.45) is 4.86. The fourth-order valence-corrected chi connectivity index (χ4v) is 3.52. The van der Waals surface area contributed by atoms with Gasteiger partial charge in [-0.3, -0.25) is 9.59 Å². The minimum Gasteiger partial charge on any atom is -0.493 e. The summed E-state index contributed by atoms with van der Waals surface area (Å²) in [4.78, 5) is 26.6. The van der Waals surface area contributed by atoms with E-state index in [1.807, 2.05) is 0 Å². The van der Waals surface area contributed by atoms with Crippen molar-refractivity contribution in [1.82, 2.24) is 10.2 Å². The lowest BCUT2D eigenvalue weighted by molar-refractivity contribution is -0.127. The molecule has 6 nitrogen and oxygen atoms in total. The average molecular weight is 426 g/mol. The van der Waals surface area contributed by atoms with Gasteiger partial charge in [-0.15, -0.1) is 0 Å². The Kier molecular flexibility index (Phi) is 7.65. The van der Waals surface area contributed by atoms with Gasteiger partial charge in [-0.05, 0) is 60.7 Å². The molecule has 0 aliphatic carbocycles. The number of carbonyl (C=O) groups excluding carboxylic acids is 2. The molecular weight excluding hydrogens is 399 g/mol. The summed E-state index contributed by atoms with van der Waals surface area (Å²) in [6, 6.07) is 11.1. The fraction of sp³-hybridized carbons (Fsp3) is 0.333. The Morgan fingerprint density at radius 1 is 1.06 bits per heavy atom. The van der Waals surface area contributed by atoms with Gasteiger partial charge in [-0.25, -0.2) is 4.39 Å². The number of amides is 2. The maximum atomic E-state index is 13.0. The van der Waals surface area contributed by atoms with Crippen LogP contribution in [0, 0.1) is 11.7 Å². The molecule has 1 saturated heterocycles.